The highest BCUT2D eigenvalue weighted by Crippen LogP contribution is 1.91. The molecule has 3 atom stereocenters. The second-order valence-corrected chi connectivity index (χ2v) is 3.44. The SMILES string of the molecule is CCC(=O)C(C)N.CCC(O)C(C)N. The summed E-state index contributed by atoms with van der Waals surface area (Å²) < 4.78 is 0. The Morgan fingerprint density at radius 1 is 1.29 bits per heavy atom. The van der Waals surface area contributed by atoms with E-state index in [9.17, 15) is 4.79 Å². The standard InChI is InChI=1S/C5H13NO.C5H11NO/c2*1-3-5(7)4(2)6/h4-5,7H,3,6H2,1-2H3;4H,3,6H2,1-2H3. The van der Waals surface area contributed by atoms with E-state index in [1.165, 1.54) is 0 Å². The number of hydrogen-bond acceptors (Lipinski definition) is 4. The van der Waals surface area contributed by atoms with Crippen LogP contribution in [0.1, 0.15) is 40.5 Å². The van der Waals surface area contributed by atoms with Crippen LogP contribution in [-0.4, -0.2) is 29.1 Å². The fraction of sp³-hybridized carbons (Fsp3) is 0.900. The molecule has 0 rings (SSSR count). The van der Waals surface area contributed by atoms with Crippen LogP contribution in [-0.2, 0) is 4.79 Å². The molecule has 0 fully saturated rings. The lowest BCUT2D eigenvalue weighted by Crippen LogP contribution is -2.30. The van der Waals surface area contributed by atoms with Gasteiger partial charge in [-0.3, -0.25) is 4.79 Å². The van der Waals surface area contributed by atoms with E-state index in [1.54, 1.807) is 13.8 Å². The van der Waals surface area contributed by atoms with Crippen molar-refractivity contribution in [1.82, 2.24) is 0 Å². The number of nitrogens with two attached hydrogens (primary N) is 2. The molecule has 0 radical (unpaired) electrons. The number of carbonyl (C=O) groups is 1. The molecule has 0 aromatic rings. The number of carbonyl (C=O) groups excluding carboxylic acids is 1. The number of Topliss-reactive ketones (excluding diaryl/α,β-unsaturated/α-hetero) is 1. The largest absolute Gasteiger partial charge is 0.392 e. The zero-order chi connectivity index (χ0) is 11.7. The van der Waals surface area contributed by atoms with Gasteiger partial charge >= 0.3 is 0 Å². The first kappa shape index (κ1) is 16.0. The Morgan fingerprint density at radius 2 is 1.71 bits per heavy atom. The first-order valence-electron chi connectivity index (χ1n) is 5.08. The molecule has 0 aromatic heterocycles. The van der Waals surface area contributed by atoms with Crippen molar-refractivity contribution in [3.8, 4) is 0 Å². The zero-order valence-corrected chi connectivity index (χ0v) is 9.66. The third kappa shape index (κ3) is 9.64. The van der Waals surface area contributed by atoms with E-state index in [0.717, 1.165) is 6.42 Å². The predicted molar refractivity (Wildman–Crippen MR) is 58.9 cm³/mol. The van der Waals surface area contributed by atoms with Gasteiger partial charge in [-0.05, 0) is 20.3 Å². The third-order valence-corrected chi connectivity index (χ3v) is 1.88. The Bertz CT molecular complexity index is 147. The molecule has 0 saturated heterocycles. The maximum Gasteiger partial charge on any atom is 0.148 e. The molecule has 0 heterocycles. The molecule has 0 aliphatic rings. The van der Waals surface area contributed by atoms with Crippen LogP contribution < -0.4 is 11.5 Å². The normalized spacial score (nSPS) is 16.2. The van der Waals surface area contributed by atoms with Crippen molar-refractivity contribution in [3.63, 3.8) is 0 Å². The van der Waals surface area contributed by atoms with E-state index < -0.39 is 0 Å². The van der Waals surface area contributed by atoms with Crippen LogP contribution in [0, 0.1) is 0 Å². The van der Waals surface area contributed by atoms with Crippen LogP contribution in [0.25, 0.3) is 0 Å². The van der Waals surface area contributed by atoms with Crippen molar-refractivity contribution in [1.29, 1.82) is 0 Å². The number of ketones is 1. The van der Waals surface area contributed by atoms with Gasteiger partial charge in [-0.2, -0.15) is 0 Å². The molecule has 0 saturated carbocycles. The predicted octanol–water partition coefficient (Wildman–Crippen LogP) is 0.417. The van der Waals surface area contributed by atoms with Crippen LogP contribution in [0.4, 0.5) is 0 Å². The molecule has 0 aromatic carbocycles. The lowest BCUT2D eigenvalue weighted by atomic mass is 10.1. The smallest absolute Gasteiger partial charge is 0.148 e. The van der Waals surface area contributed by atoms with E-state index in [2.05, 4.69) is 0 Å². The molecule has 0 bridgehead atoms. The Labute approximate surface area is 86.7 Å². The van der Waals surface area contributed by atoms with Crippen molar-refractivity contribution in [3.05, 3.63) is 0 Å². The summed E-state index contributed by atoms with van der Waals surface area (Å²) >= 11 is 0. The summed E-state index contributed by atoms with van der Waals surface area (Å²) in [5.74, 6) is 0.125. The molecule has 4 nitrogen and oxygen atoms in total. The highest BCUT2D eigenvalue weighted by atomic mass is 16.3. The van der Waals surface area contributed by atoms with Crippen molar-refractivity contribution in [2.24, 2.45) is 11.5 Å². The van der Waals surface area contributed by atoms with Gasteiger partial charge in [0.1, 0.15) is 5.78 Å². The highest BCUT2D eigenvalue weighted by Gasteiger charge is 2.03. The molecule has 0 amide bonds. The second-order valence-electron chi connectivity index (χ2n) is 3.44. The maximum absolute atomic E-state index is 10.4. The van der Waals surface area contributed by atoms with Gasteiger partial charge in [0.15, 0.2) is 0 Å². The Morgan fingerprint density at radius 3 is 1.71 bits per heavy atom. The average Bonchev–Trinajstić information content (AvgIpc) is 2.15. The van der Waals surface area contributed by atoms with Crippen LogP contribution in [0.2, 0.25) is 0 Å². The number of aliphatic hydroxyl groups excluding tert-OH is 1. The Kier molecular flexibility index (Phi) is 10.4. The molecule has 0 aliphatic carbocycles. The van der Waals surface area contributed by atoms with E-state index in [0.29, 0.717) is 6.42 Å². The quantitative estimate of drug-likeness (QED) is 0.619. The minimum Gasteiger partial charge on any atom is -0.392 e. The Balaban J connectivity index is 0. The molecule has 3 unspecified atom stereocenters. The lowest BCUT2D eigenvalue weighted by molar-refractivity contribution is -0.119. The summed E-state index contributed by atoms with van der Waals surface area (Å²) in [6.07, 6.45) is 0.981. The first-order valence-corrected chi connectivity index (χ1v) is 5.08. The summed E-state index contributed by atoms with van der Waals surface area (Å²) in [6.45, 7) is 7.22. The van der Waals surface area contributed by atoms with Gasteiger partial charge in [-0.25, -0.2) is 0 Å². The van der Waals surface area contributed by atoms with E-state index in [4.69, 9.17) is 16.6 Å². The molecule has 4 heteroatoms. The summed E-state index contributed by atoms with van der Waals surface area (Å²) in [5.41, 5.74) is 10.5. The van der Waals surface area contributed by atoms with Gasteiger partial charge in [0.25, 0.3) is 0 Å². The molecule has 0 aliphatic heterocycles. The van der Waals surface area contributed by atoms with Gasteiger partial charge in [0, 0.05) is 12.5 Å². The van der Waals surface area contributed by atoms with Gasteiger partial charge < -0.3 is 16.6 Å². The lowest BCUT2D eigenvalue weighted by Gasteiger charge is -2.09. The van der Waals surface area contributed by atoms with Gasteiger partial charge in [0.2, 0.25) is 0 Å². The molecule has 0 spiro atoms. The monoisotopic (exact) mass is 204 g/mol. The van der Waals surface area contributed by atoms with Crippen molar-refractivity contribution in [2.45, 2.75) is 58.7 Å². The fourth-order valence-corrected chi connectivity index (χ4v) is 0.694. The van der Waals surface area contributed by atoms with Gasteiger partial charge in [-0.1, -0.05) is 13.8 Å². The fourth-order valence-electron chi connectivity index (χ4n) is 0.694. The number of rotatable bonds is 4. The average molecular weight is 204 g/mol. The zero-order valence-electron chi connectivity index (χ0n) is 9.66. The number of hydrogen-bond donors (Lipinski definition) is 3. The summed E-state index contributed by atoms with van der Waals surface area (Å²) in [7, 11) is 0. The minimum atomic E-state index is -0.319. The highest BCUT2D eigenvalue weighted by molar-refractivity contribution is 5.82. The van der Waals surface area contributed by atoms with E-state index >= 15 is 0 Å². The molecule has 14 heavy (non-hydrogen) atoms. The topological polar surface area (TPSA) is 89.3 Å². The van der Waals surface area contributed by atoms with Crippen molar-refractivity contribution < 1.29 is 9.90 Å². The van der Waals surface area contributed by atoms with Crippen LogP contribution in [0.15, 0.2) is 0 Å². The minimum absolute atomic E-state index is 0.0787. The molecular formula is C10H24N2O2. The van der Waals surface area contributed by atoms with Crippen LogP contribution >= 0.6 is 0 Å². The number of aliphatic hydroxyl groups is 1. The third-order valence-electron chi connectivity index (χ3n) is 1.88. The van der Waals surface area contributed by atoms with Gasteiger partial charge in [-0.15, -0.1) is 0 Å². The summed E-state index contributed by atoms with van der Waals surface area (Å²) in [5, 5.41) is 8.81. The molecular weight excluding hydrogens is 180 g/mol. The van der Waals surface area contributed by atoms with Crippen molar-refractivity contribution in [2.75, 3.05) is 0 Å². The van der Waals surface area contributed by atoms with Crippen LogP contribution in [0.3, 0.4) is 0 Å². The first-order chi connectivity index (χ1) is 6.36. The maximum atomic E-state index is 10.4. The summed E-state index contributed by atoms with van der Waals surface area (Å²) in [6, 6.07) is -0.352. The van der Waals surface area contributed by atoms with E-state index in [1.807, 2.05) is 13.8 Å². The molecule has 5 N–H and O–H groups in total. The van der Waals surface area contributed by atoms with E-state index in [-0.39, 0.29) is 24.0 Å². The Hall–Kier alpha value is -0.450. The van der Waals surface area contributed by atoms with Crippen LogP contribution in [0.5, 0.6) is 0 Å². The van der Waals surface area contributed by atoms with Crippen molar-refractivity contribution >= 4 is 5.78 Å². The summed E-state index contributed by atoms with van der Waals surface area (Å²) in [4.78, 5) is 10.4. The van der Waals surface area contributed by atoms with Gasteiger partial charge in [0.05, 0.1) is 12.1 Å². The molecule has 86 valence electrons. The second kappa shape index (κ2) is 9.12.